The number of anilines is 1. The van der Waals surface area contributed by atoms with Gasteiger partial charge in [0.05, 0.1) is 10.7 Å². The van der Waals surface area contributed by atoms with Crippen LogP contribution < -0.4 is 4.90 Å². The van der Waals surface area contributed by atoms with Crippen LogP contribution in [-0.4, -0.2) is 48.7 Å². The highest BCUT2D eigenvalue weighted by atomic mass is 35.5. The van der Waals surface area contributed by atoms with E-state index in [2.05, 4.69) is 4.90 Å². The molecule has 1 aromatic rings. The van der Waals surface area contributed by atoms with E-state index in [1.807, 2.05) is 6.07 Å². The zero-order valence-corrected chi connectivity index (χ0v) is 13.5. The molecule has 4 nitrogen and oxygen atoms in total. The fourth-order valence-electron chi connectivity index (χ4n) is 3.68. The third kappa shape index (κ3) is 2.25. The Morgan fingerprint density at radius 3 is 2.78 bits per heavy atom. The summed E-state index contributed by atoms with van der Waals surface area (Å²) in [6.45, 7) is 2.35. The van der Waals surface area contributed by atoms with E-state index in [0.717, 1.165) is 42.8 Å². The largest absolute Gasteiger partial charge is 0.387 e. The van der Waals surface area contributed by atoms with Gasteiger partial charge in [0.1, 0.15) is 12.4 Å². The molecule has 0 bridgehead atoms. The van der Waals surface area contributed by atoms with Gasteiger partial charge in [0, 0.05) is 31.7 Å². The van der Waals surface area contributed by atoms with Crippen LogP contribution in [0.15, 0.2) is 11.6 Å². The molecule has 4 rings (SSSR count). The molecule has 0 spiro atoms. The number of carbonyl (C=O) groups excluding carboxylic acids is 1. The first-order valence-corrected chi connectivity index (χ1v) is 8.33. The molecule has 1 amide bonds. The summed E-state index contributed by atoms with van der Waals surface area (Å²) < 4.78 is 14.7. The van der Waals surface area contributed by atoms with E-state index in [-0.39, 0.29) is 16.7 Å². The van der Waals surface area contributed by atoms with Crippen molar-refractivity contribution in [2.75, 3.05) is 37.7 Å². The maximum absolute atomic E-state index is 14.7. The molecule has 1 aliphatic carbocycles. The molecule has 1 N–H and O–H groups in total. The average Bonchev–Trinajstić information content (AvgIpc) is 2.88. The number of aliphatic hydroxyl groups is 1. The molecule has 0 saturated carbocycles. The number of benzene rings is 1. The van der Waals surface area contributed by atoms with Gasteiger partial charge in [0.2, 0.25) is 5.91 Å². The van der Waals surface area contributed by atoms with Crippen LogP contribution in [-0.2, 0) is 11.2 Å². The molecule has 2 heterocycles. The van der Waals surface area contributed by atoms with E-state index in [4.69, 9.17) is 16.7 Å². The standard InChI is InChI=1S/C17H18ClFN2O2/c18-16-14(20-3-1-4-20)7-11-12(17(16)19)6-10-2-5-21(8-13(10)11)15(23)9-22/h7,22H,1-6,8-9H2. The van der Waals surface area contributed by atoms with Gasteiger partial charge in [-0.2, -0.15) is 0 Å². The van der Waals surface area contributed by atoms with Gasteiger partial charge in [0.15, 0.2) is 0 Å². The van der Waals surface area contributed by atoms with Crippen LogP contribution >= 0.6 is 11.6 Å². The second kappa shape index (κ2) is 5.49. The van der Waals surface area contributed by atoms with Gasteiger partial charge in [-0.05, 0) is 36.5 Å². The molecule has 0 unspecified atom stereocenters. The minimum atomic E-state index is -0.483. The lowest BCUT2D eigenvalue weighted by Crippen LogP contribution is -2.38. The van der Waals surface area contributed by atoms with Crippen LogP contribution in [0.2, 0.25) is 5.02 Å². The number of hydrogen-bond acceptors (Lipinski definition) is 3. The highest BCUT2D eigenvalue weighted by Crippen LogP contribution is 2.44. The summed E-state index contributed by atoms with van der Waals surface area (Å²) in [5.74, 6) is -0.595. The van der Waals surface area contributed by atoms with Crippen LogP contribution in [0.3, 0.4) is 0 Å². The molecule has 122 valence electrons. The summed E-state index contributed by atoms with van der Waals surface area (Å²) in [7, 11) is 0. The van der Waals surface area contributed by atoms with Crippen molar-refractivity contribution in [1.29, 1.82) is 0 Å². The van der Waals surface area contributed by atoms with Gasteiger partial charge < -0.3 is 14.9 Å². The highest BCUT2D eigenvalue weighted by molar-refractivity contribution is 6.33. The van der Waals surface area contributed by atoms with Crippen LogP contribution in [0.1, 0.15) is 24.0 Å². The normalized spacial score (nSPS) is 19.6. The number of hydrogen-bond donors (Lipinski definition) is 1. The second-order valence-corrected chi connectivity index (χ2v) is 6.75. The highest BCUT2D eigenvalue weighted by Gasteiger charge is 2.33. The quantitative estimate of drug-likeness (QED) is 0.900. The first-order valence-electron chi connectivity index (χ1n) is 7.96. The fraction of sp³-hybridized carbons (Fsp3) is 0.471. The predicted molar refractivity (Wildman–Crippen MR) is 87.1 cm³/mol. The average molecular weight is 337 g/mol. The van der Waals surface area contributed by atoms with Gasteiger partial charge in [-0.25, -0.2) is 4.39 Å². The first-order chi connectivity index (χ1) is 11.1. The molecule has 0 atom stereocenters. The Morgan fingerprint density at radius 1 is 1.35 bits per heavy atom. The van der Waals surface area contributed by atoms with Gasteiger partial charge >= 0.3 is 0 Å². The Kier molecular flexibility index (Phi) is 3.58. The summed E-state index contributed by atoms with van der Waals surface area (Å²) >= 11 is 6.25. The van der Waals surface area contributed by atoms with Crippen LogP contribution in [0.4, 0.5) is 10.1 Å². The summed E-state index contributed by atoms with van der Waals surface area (Å²) in [5, 5.41) is 9.28. The number of amides is 1. The smallest absolute Gasteiger partial charge is 0.248 e. The third-order valence-electron chi connectivity index (χ3n) is 5.15. The molecule has 0 aromatic heterocycles. The molecule has 0 radical (unpaired) electrons. The Balaban J connectivity index is 1.74. The van der Waals surface area contributed by atoms with Crippen molar-refractivity contribution < 1.29 is 14.3 Å². The Hall–Kier alpha value is -1.59. The maximum atomic E-state index is 14.7. The molecule has 23 heavy (non-hydrogen) atoms. The number of fused-ring (bicyclic) bond motifs is 2. The molecular formula is C17H18ClFN2O2. The topological polar surface area (TPSA) is 43.8 Å². The second-order valence-electron chi connectivity index (χ2n) is 6.37. The van der Waals surface area contributed by atoms with E-state index in [1.165, 1.54) is 5.57 Å². The molecule has 3 aliphatic rings. The van der Waals surface area contributed by atoms with Crippen LogP contribution in [0.5, 0.6) is 0 Å². The zero-order valence-electron chi connectivity index (χ0n) is 12.7. The number of nitrogens with zero attached hydrogens (tertiary/aromatic N) is 2. The Morgan fingerprint density at radius 2 is 2.13 bits per heavy atom. The van der Waals surface area contributed by atoms with E-state index >= 15 is 0 Å². The first kappa shape index (κ1) is 15.0. The fourth-order valence-corrected chi connectivity index (χ4v) is 3.97. The van der Waals surface area contributed by atoms with Gasteiger partial charge in [-0.1, -0.05) is 17.2 Å². The van der Waals surface area contributed by atoms with Crippen LogP contribution in [0, 0.1) is 5.82 Å². The molecule has 1 saturated heterocycles. The van der Waals surface area contributed by atoms with Gasteiger partial charge in [-0.3, -0.25) is 4.79 Å². The van der Waals surface area contributed by atoms with Gasteiger partial charge in [-0.15, -0.1) is 0 Å². The molecule has 1 aromatic carbocycles. The minimum Gasteiger partial charge on any atom is -0.387 e. The Bertz CT molecular complexity index is 728. The van der Waals surface area contributed by atoms with Crippen molar-refractivity contribution in [3.05, 3.63) is 33.6 Å². The maximum Gasteiger partial charge on any atom is 0.248 e. The van der Waals surface area contributed by atoms with Crippen molar-refractivity contribution in [2.45, 2.75) is 19.3 Å². The van der Waals surface area contributed by atoms with E-state index in [1.54, 1.807) is 4.90 Å². The Labute approximate surface area is 139 Å². The molecular weight excluding hydrogens is 319 g/mol. The lowest BCUT2D eigenvalue weighted by molar-refractivity contribution is -0.133. The van der Waals surface area contributed by atoms with Crippen LogP contribution in [0.25, 0.3) is 5.57 Å². The number of carbonyl (C=O) groups is 1. The van der Waals surface area contributed by atoms with Gasteiger partial charge in [0.25, 0.3) is 0 Å². The van der Waals surface area contributed by atoms with Crippen molar-refractivity contribution in [1.82, 2.24) is 4.90 Å². The summed E-state index contributed by atoms with van der Waals surface area (Å²) in [6.07, 6.45) is 2.41. The van der Waals surface area contributed by atoms with E-state index < -0.39 is 6.61 Å². The van der Waals surface area contributed by atoms with Crippen molar-refractivity contribution >= 4 is 28.8 Å². The number of aliphatic hydroxyl groups excluding tert-OH is 1. The number of rotatable bonds is 2. The minimum absolute atomic E-state index is 0.214. The van der Waals surface area contributed by atoms with E-state index in [9.17, 15) is 9.18 Å². The lowest BCUT2D eigenvalue weighted by atomic mass is 9.99. The molecule has 2 aliphatic heterocycles. The monoisotopic (exact) mass is 336 g/mol. The summed E-state index contributed by atoms with van der Waals surface area (Å²) in [6, 6.07) is 1.98. The predicted octanol–water partition coefficient (Wildman–Crippen LogP) is 2.22. The zero-order chi connectivity index (χ0) is 16.1. The van der Waals surface area contributed by atoms with E-state index in [0.29, 0.717) is 25.1 Å². The molecule has 6 heteroatoms. The van der Waals surface area contributed by atoms with Crippen molar-refractivity contribution in [3.8, 4) is 0 Å². The summed E-state index contributed by atoms with van der Waals surface area (Å²) in [5.41, 5.74) is 4.53. The van der Waals surface area contributed by atoms with Crippen molar-refractivity contribution in [3.63, 3.8) is 0 Å². The molecule has 1 fully saturated rings. The van der Waals surface area contributed by atoms with Crippen molar-refractivity contribution in [2.24, 2.45) is 0 Å². The lowest BCUT2D eigenvalue weighted by Gasteiger charge is -2.34. The summed E-state index contributed by atoms with van der Waals surface area (Å²) in [4.78, 5) is 15.5. The number of halogens is 2. The third-order valence-corrected chi connectivity index (χ3v) is 5.51. The SMILES string of the molecule is O=C(CO)N1CCC2=C(C1)c1cc(N3CCC3)c(Cl)c(F)c1C2.